The summed E-state index contributed by atoms with van der Waals surface area (Å²) in [7, 11) is 0. The van der Waals surface area contributed by atoms with Gasteiger partial charge in [0.2, 0.25) is 0 Å². The second-order valence-corrected chi connectivity index (χ2v) is 4.59. The van der Waals surface area contributed by atoms with Crippen molar-refractivity contribution in [3.63, 3.8) is 0 Å². The van der Waals surface area contributed by atoms with E-state index in [0.717, 1.165) is 11.8 Å². The largest absolute Gasteiger partial charge is 0.0648 e. The van der Waals surface area contributed by atoms with E-state index in [2.05, 4.69) is 52.0 Å². The summed E-state index contributed by atoms with van der Waals surface area (Å²) in [6.07, 6.45) is 2.56. The zero-order valence-electron chi connectivity index (χ0n) is 9.88. The Hall–Kier alpha value is -0.780. The molecule has 0 heterocycles. The molecular formula is C14H22. The minimum absolute atomic E-state index is 0.746. The maximum absolute atomic E-state index is 2.31. The third-order valence-corrected chi connectivity index (χ3v) is 2.88. The summed E-state index contributed by atoms with van der Waals surface area (Å²) in [6.45, 7) is 9.12. The molecule has 78 valence electrons. The Kier molecular flexibility index (Phi) is 4.19. The minimum atomic E-state index is 0.746. The van der Waals surface area contributed by atoms with Gasteiger partial charge in [0, 0.05) is 0 Å². The molecule has 0 saturated heterocycles. The summed E-state index contributed by atoms with van der Waals surface area (Å²) in [5, 5.41) is 0. The molecule has 0 aliphatic heterocycles. The number of benzene rings is 1. The fraction of sp³-hybridized carbons (Fsp3) is 0.571. The maximum atomic E-state index is 2.31. The van der Waals surface area contributed by atoms with E-state index in [4.69, 9.17) is 0 Å². The quantitative estimate of drug-likeness (QED) is 0.654. The van der Waals surface area contributed by atoms with E-state index >= 15 is 0 Å². The van der Waals surface area contributed by atoms with Crippen molar-refractivity contribution in [2.75, 3.05) is 0 Å². The smallest absolute Gasteiger partial charge is 0.0160 e. The van der Waals surface area contributed by atoms with Crippen LogP contribution in [-0.4, -0.2) is 0 Å². The highest BCUT2D eigenvalue weighted by molar-refractivity contribution is 5.29. The van der Waals surface area contributed by atoms with Crippen LogP contribution in [-0.2, 0) is 0 Å². The standard InChI is InChI=1S/C14H22/c1-5-13(10-11(2)3)14-9-7-6-8-12(14)4/h6-9,11,13H,5,10H2,1-4H3. The fourth-order valence-corrected chi connectivity index (χ4v) is 2.13. The van der Waals surface area contributed by atoms with Gasteiger partial charge < -0.3 is 0 Å². The van der Waals surface area contributed by atoms with Crippen LogP contribution in [0.15, 0.2) is 24.3 Å². The van der Waals surface area contributed by atoms with Crippen molar-refractivity contribution in [2.24, 2.45) is 5.92 Å². The first-order valence-electron chi connectivity index (χ1n) is 5.70. The van der Waals surface area contributed by atoms with E-state index in [1.165, 1.54) is 18.4 Å². The van der Waals surface area contributed by atoms with Crippen LogP contribution in [0.25, 0.3) is 0 Å². The van der Waals surface area contributed by atoms with Gasteiger partial charge in [0.15, 0.2) is 0 Å². The van der Waals surface area contributed by atoms with Crippen LogP contribution in [0.2, 0.25) is 0 Å². The molecule has 0 nitrogen and oxygen atoms in total. The Morgan fingerprint density at radius 2 is 1.79 bits per heavy atom. The molecule has 0 radical (unpaired) electrons. The lowest BCUT2D eigenvalue weighted by Gasteiger charge is -2.19. The van der Waals surface area contributed by atoms with Gasteiger partial charge in [-0.25, -0.2) is 0 Å². The second kappa shape index (κ2) is 5.19. The lowest BCUT2D eigenvalue weighted by atomic mass is 9.86. The van der Waals surface area contributed by atoms with Crippen molar-refractivity contribution < 1.29 is 0 Å². The molecule has 0 heteroatoms. The van der Waals surface area contributed by atoms with Crippen molar-refractivity contribution in [1.29, 1.82) is 0 Å². The van der Waals surface area contributed by atoms with Crippen LogP contribution in [0.4, 0.5) is 0 Å². The van der Waals surface area contributed by atoms with E-state index in [-0.39, 0.29) is 0 Å². The highest BCUT2D eigenvalue weighted by Gasteiger charge is 2.12. The van der Waals surface area contributed by atoms with E-state index in [1.54, 1.807) is 5.56 Å². The zero-order chi connectivity index (χ0) is 10.6. The molecule has 0 aromatic heterocycles. The lowest BCUT2D eigenvalue weighted by Crippen LogP contribution is -2.03. The fourth-order valence-electron chi connectivity index (χ4n) is 2.13. The molecule has 1 aromatic rings. The molecule has 0 aliphatic rings. The Bertz CT molecular complexity index is 273. The highest BCUT2D eigenvalue weighted by atomic mass is 14.2. The highest BCUT2D eigenvalue weighted by Crippen LogP contribution is 2.28. The molecule has 0 saturated carbocycles. The van der Waals surface area contributed by atoms with Crippen LogP contribution in [0.1, 0.15) is 50.7 Å². The Labute approximate surface area is 88.4 Å². The molecule has 14 heavy (non-hydrogen) atoms. The molecule has 0 spiro atoms. The Morgan fingerprint density at radius 3 is 2.29 bits per heavy atom. The molecule has 0 aliphatic carbocycles. The van der Waals surface area contributed by atoms with Gasteiger partial charge in [0.25, 0.3) is 0 Å². The molecule has 1 atom stereocenters. The van der Waals surface area contributed by atoms with Crippen molar-refractivity contribution in [3.8, 4) is 0 Å². The number of hydrogen-bond donors (Lipinski definition) is 0. The van der Waals surface area contributed by atoms with Gasteiger partial charge in [0.1, 0.15) is 0 Å². The molecule has 1 rings (SSSR count). The zero-order valence-corrected chi connectivity index (χ0v) is 9.88. The van der Waals surface area contributed by atoms with Crippen molar-refractivity contribution in [1.82, 2.24) is 0 Å². The van der Waals surface area contributed by atoms with Crippen LogP contribution < -0.4 is 0 Å². The number of aryl methyl sites for hydroxylation is 1. The van der Waals surface area contributed by atoms with E-state index in [1.807, 2.05) is 0 Å². The summed E-state index contributed by atoms with van der Waals surface area (Å²) in [5.41, 5.74) is 2.99. The van der Waals surface area contributed by atoms with Gasteiger partial charge in [-0.05, 0) is 42.7 Å². The van der Waals surface area contributed by atoms with Gasteiger partial charge in [-0.2, -0.15) is 0 Å². The maximum Gasteiger partial charge on any atom is -0.0160 e. The van der Waals surface area contributed by atoms with Gasteiger partial charge in [-0.1, -0.05) is 45.0 Å². The molecule has 0 fully saturated rings. The summed E-state index contributed by atoms with van der Waals surface area (Å²) < 4.78 is 0. The first-order valence-corrected chi connectivity index (χ1v) is 5.70. The van der Waals surface area contributed by atoms with Crippen LogP contribution in [0, 0.1) is 12.8 Å². The van der Waals surface area contributed by atoms with Crippen LogP contribution in [0.3, 0.4) is 0 Å². The van der Waals surface area contributed by atoms with Gasteiger partial charge in [-0.15, -0.1) is 0 Å². The van der Waals surface area contributed by atoms with Crippen molar-refractivity contribution in [3.05, 3.63) is 35.4 Å². The normalized spacial score (nSPS) is 13.2. The molecule has 0 amide bonds. The monoisotopic (exact) mass is 190 g/mol. The van der Waals surface area contributed by atoms with Crippen LogP contribution >= 0.6 is 0 Å². The first-order chi connectivity index (χ1) is 6.65. The Morgan fingerprint density at radius 1 is 1.14 bits per heavy atom. The third kappa shape index (κ3) is 2.87. The number of hydrogen-bond acceptors (Lipinski definition) is 0. The molecule has 1 aromatic carbocycles. The number of rotatable bonds is 4. The molecular weight excluding hydrogens is 168 g/mol. The SMILES string of the molecule is CCC(CC(C)C)c1ccccc1C. The third-order valence-electron chi connectivity index (χ3n) is 2.88. The van der Waals surface area contributed by atoms with E-state index in [9.17, 15) is 0 Å². The minimum Gasteiger partial charge on any atom is -0.0648 e. The van der Waals surface area contributed by atoms with Crippen LogP contribution in [0.5, 0.6) is 0 Å². The first kappa shape index (κ1) is 11.3. The summed E-state index contributed by atoms with van der Waals surface area (Å²) in [4.78, 5) is 0. The van der Waals surface area contributed by atoms with Gasteiger partial charge in [-0.3, -0.25) is 0 Å². The lowest BCUT2D eigenvalue weighted by molar-refractivity contribution is 0.488. The average molecular weight is 190 g/mol. The summed E-state index contributed by atoms with van der Waals surface area (Å²) >= 11 is 0. The Balaban J connectivity index is 2.83. The predicted molar refractivity (Wildman–Crippen MR) is 63.7 cm³/mol. The summed E-state index contributed by atoms with van der Waals surface area (Å²) in [6, 6.07) is 8.79. The topological polar surface area (TPSA) is 0 Å². The predicted octanol–water partition coefficient (Wildman–Crippen LogP) is 4.53. The molecule has 1 unspecified atom stereocenters. The van der Waals surface area contributed by atoms with E-state index in [0.29, 0.717) is 0 Å². The second-order valence-electron chi connectivity index (χ2n) is 4.59. The van der Waals surface area contributed by atoms with Gasteiger partial charge >= 0.3 is 0 Å². The molecule has 0 N–H and O–H groups in total. The van der Waals surface area contributed by atoms with Gasteiger partial charge in [0.05, 0.1) is 0 Å². The van der Waals surface area contributed by atoms with Crippen molar-refractivity contribution >= 4 is 0 Å². The summed E-state index contributed by atoms with van der Waals surface area (Å²) in [5.74, 6) is 1.54. The molecule has 0 bridgehead atoms. The van der Waals surface area contributed by atoms with Crippen molar-refractivity contribution in [2.45, 2.75) is 46.5 Å². The van der Waals surface area contributed by atoms with E-state index < -0.39 is 0 Å². The average Bonchev–Trinajstić information content (AvgIpc) is 2.15.